The van der Waals surface area contributed by atoms with Crippen LogP contribution in [0.15, 0.2) is 30.3 Å². The third kappa shape index (κ3) is 1.94. The van der Waals surface area contributed by atoms with E-state index in [0.717, 1.165) is 5.92 Å². The minimum atomic E-state index is 0.424. The van der Waals surface area contributed by atoms with E-state index in [9.17, 15) is 0 Å². The first kappa shape index (κ1) is 8.42. The van der Waals surface area contributed by atoms with Gasteiger partial charge < -0.3 is 0 Å². The summed E-state index contributed by atoms with van der Waals surface area (Å²) in [7, 11) is 0. The normalized spacial score (nSPS) is 23.2. The van der Waals surface area contributed by atoms with Crippen LogP contribution < -0.4 is 0 Å². The van der Waals surface area contributed by atoms with Crippen LogP contribution in [-0.4, -0.2) is 8.44 Å². The van der Waals surface area contributed by atoms with Gasteiger partial charge in [0.25, 0.3) is 0 Å². The molecule has 1 aromatic rings. The molecule has 0 aliphatic carbocycles. The minimum absolute atomic E-state index is 0.424. The van der Waals surface area contributed by atoms with Crippen molar-refractivity contribution in [2.24, 2.45) is 0 Å². The Kier molecular flexibility index (Phi) is 2.93. The summed E-state index contributed by atoms with van der Waals surface area (Å²) in [4.78, 5) is 0. The number of benzene rings is 1. The highest BCUT2D eigenvalue weighted by Gasteiger charge is 2.11. The van der Waals surface area contributed by atoms with Gasteiger partial charge in [0.1, 0.15) is 0 Å². The number of rotatable bonds is 1. The molecule has 1 unspecified atom stereocenters. The van der Waals surface area contributed by atoms with E-state index in [1.165, 1.54) is 17.3 Å². The van der Waals surface area contributed by atoms with Crippen LogP contribution in [0.25, 0.3) is 0 Å². The summed E-state index contributed by atoms with van der Waals surface area (Å²) >= 11 is 0.424. The monoisotopic (exact) mass is 272 g/mol. The lowest BCUT2D eigenvalue weighted by Gasteiger charge is -2.17. The molecular weight excluding hydrogens is 259 g/mol. The van der Waals surface area contributed by atoms with Gasteiger partial charge >= 0.3 is 0 Å². The van der Waals surface area contributed by atoms with Crippen molar-refractivity contribution in [1.82, 2.24) is 0 Å². The molecule has 1 heterocycles. The van der Waals surface area contributed by atoms with Crippen molar-refractivity contribution < 1.29 is 0 Å². The van der Waals surface area contributed by atoms with Crippen LogP contribution in [0.5, 0.6) is 0 Å². The number of hydrogen-bond donors (Lipinski definition) is 0. The third-order valence-corrected chi connectivity index (χ3v) is 5.10. The first-order valence-corrected chi connectivity index (χ1v) is 7.18. The average molecular weight is 272 g/mol. The molecule has 0 radical (unpaired) electrons. The second-order valence-corrected chi connectivity index (χ2v) is 5.79. The Balaban J connectivity index is 2.15. The van der Waals surface area contributed by atoms with Crippen LogP contribution in [-0.2, 0) is 0 Å². The molecule has 64 valence electrons. The summed E-state index contributed by atoms with van der Waals surface area (Å²) < 4.78 is 3.99. The summed E-state index contributed by atoms with van der Waals surface area (Å²) in [5, 5.41) is 0. The lowest BCUT2D eigenvalue weighted by Crippen LogP contribution is -2.03. The fourth-order valence-corrected chi connectivity index (χ4v) is 4.29. The molecule has 0 saturated carbocycles. The Morgan fingerprint density at radius 1 is 1.17 bits per heavy atom. The zero-order valence-corrected chi connectivity index (χ0v) is 9.20. The van der Waals surface area contributed by atoms with Gasteiger partial charge in [-0.1, -0.05) is 34.3 Å². The standard InChI is InChI=1S/C11H13I/c1-2-5-10(6-3-1)11-7-4-8-12-9-11/h1-3,5-6,8,11H,4,7,9H2. The molecule has 1 aliphatic rings. The van der Waals surface area contributed by atoms with Gasteiger partial charge in [0.15, 0.2) is 0 Å². The van der Waals surface area contributed by atoms with E-state index in [1.807, 2.05) is 0 Å². The molecule has 1 aliphatic heterocycles. The largest absolute Gasteiger partial charge is 0.127 e. The summed E-state index contributed by atoms with van der Waals surface area (Å²) in [6, 6.07) is 11.0. The first-order chi connectivity index (χ1) is 5.97. The van der Waals surface area contributed by atoms with Crippen molar-refractivity contribution in [2.45, 2.75) is 18.8 Å². The van der Waals surface area contributed by atoms with Gasteiger partial charge in [-0.3, -0.25) is 0 Å². The average Bonchev–Trinajstić information content (AvgIpc) is 2.21. The van der Waals surface area contributed by atoms with E-state index < -0.39 is 0 Å². The highest BCUT2D eigenvalue weighted by atomic mass is 127. The maximum atomic E-state index is 2.53. The summed E-state index contributed by atoms with van der Waals surface area (Å²) in [5.41, 5.74) is 1.56. The Morgan fingerprint density at radius 2 is 2.00 bits per heavy atom. The predicted octanol–water partition coefficient (Wildman–Crippen LogP) is 3.34. The quantitative estimate of drug-likeness (QED) is 0.543. The maximum absolute atomic E-state index is 2.53. The molecule has 0 spiro atoms. The second-order valence-electron chi connectivity index (χ2n) is 3.15. The predicted molar refractivity (Wildman–Crippen MR) is 63.4 cm³/mol. The van der Waals surface area contributed by atoms with Gasteiger partial charge in [0.05, 0.1) is 0 Å². The molecule has 1 atom stereocenters. The summed E-state index contributed by atoms with van der Waals surface area (Å²) in [5.74, 6) is 0.879. The zero-order chi connectivity index (χ0) is 8.23. The molecule has 1 aromatic carbocycles. The van der Waals surface area contributed by atoms with Crippen molar-refractivity contribution in [1.29, 1.82) is 0 Å². The van der Waals surface area contributed by atoms with E-state index >= 15 is 0 Å². The fourth-order valence-electron chi connectivity index (χ4n) is 1.57. The summed E-state index contributed by atoms with van der Waals surface area (Å²) in [6.45, 7) is 0. The van der Waals surface area contributed by atoms with E-state index in [4.69, 9.17) is 0 Å². The Bertz CT molecular complexity index is 264. The van der Waals surface area contributed by atoms with Gasteiger partial charge in [-0.25, -0.2) is 0 Å². The van der Waals surface area contributed by atoms with E-state index in [-0.39, 0.29) is 0 Å². The van der Waals surface area contributed by atoms with Crippen molar-refractivity contribution >= 4 is 24.7 Å². The van der Waals surface area contributed by atoms with E-state index in [0.29, 0.717) is 20.7 Å². The second kappa shape index (κ2) is 4.17. The van der Waals surface area contributed by atoms with Crippen LogP contribution in [0.3, 0.4) is 0 Å². The SMILES string of the molecule is C1=ICC(c2ccccc2)CC1. The van der Waals surface area contributed by atoms with Crippen molar-refractivity contribution in [3.8, 4) is 0 Å². The molecule has 0 saturated heterocycles. The highest BCUT2D eigenvalue weighted by molar-refractivity contribution is 14.2. The first-order valence-electron chi connectivity index (χ1n) is 4.41. The molecule has 0 aromatic heterocycles. The van der Waals surface area contributed by atoms with Gasteiger partial charge in [-0.2, -0.15) is 0 Å². The number of hydrogen-bond acceptors (Lipinski definition) is 0. The van der Waals surface area contributed by atoms with Crippen LogP contribution in [0.4, 0.5) is 0 Å². The highest BCUT2D eigenvalue weighted by Crippen LogP contribution is 2.28. The fraction of sp³-hybridized carbons (Fsp3) is 0.364. The molecule has 0 N–H and O–H groups in total. The Hall–Kier alpha value is -0.180. The van der Waals surface area contributed by atoms with Crippen LogP contribution in [0.2, 0.25) is 0 Å². The van der Waals surface area contributed by atoms with Crippen LogP contribution in [0.1, 0.15) is 24.3 Å². The van der Waals surface area contributed by atoms with Crippen molar-refractivity contribution in [2.75, 3.05) is 4.43 Å². The molecule has 0 bridgehead atoms. The number of alkyl halides is 1. The van der Waals surface area contributed by atoms with E-state index in [2.05, 4.69) is 34.3 Å². The molecule has 12 heavy (non-hydrogen) atoms. The molecule has 0 amide bonds. The smallest absolute Gasteiger partial charge is 0.00139 e. The van der Waals surface area contributed by atoms with Gasteiger partial charge in [0.2, 0.25) is 0 Å². The molecule has 0 fully saturated rings. The van der Waals surface area contributed by atoms with Crippen LogP contribution >= 0.6 is 20.7 Å². The van der Waals surface area contributed by atoms with Crippen LogP contribution in [0, 0.1) is 0 Å². The van der Waals surface area contributed by atoms with Crippen molar-refractivity contribution in [3.63, 3.8) is 0 Å². The van der Waals surface area contributed by atoms with Crippen molar-refractivity contribution in [3.05, 3.63) is 35.9 Å². The van der Waals surface area contributed by atoms with Gasteiger partial charge in [0, 0.05) is 4.43 Å². The molecular formula is C11H13I. The number of halogens is 1. The minimum Gasteiger partial charge on any atom is -0.127 e. The van der Waals surface area contributed by atoms with E-state index in [1.54, 1.807) is 5.56 Å². The molecule has 0 nitrogen and oxygen atoms in total. The molecule has 2 rings (SSSR count). The van der Waals surface area contributed by atoms with Gasteiger partial charge in [-0.15, -0.1) is 20.7 Å². The maximum Gasteiger partial charge on any atom is 0.00139 e. The molecule has 1 heteroatoms. The third-order valence-electron chi connectivity index (χ3n) is 2.28. The lowest BCUT2D eigenvalue weighted by molar-refractivity contribution is 0.726. The zero-order valence-electron chi connectivity index (χ0n) is 7.04. The Labute approximate surface area is 83.7 Å². The topological polar surface area (TPSA) is 0 Å². The lowest BCUT2D eigenvalue weighted by atomic mass is 9.97. The Morgan fingerprint density at radius 3 is 2.67 bits per heavy atom. The summed E-state index contributed by atoms with van der Waals surface area (Å²) in [6.07, 6.45) is 2.73. The van der Waals surface area contributed by atoms with Gasteiger partial charge in [-0.05, 0) is 24.3 Å².